The first-order chi connectivity index (χ1) is 9.73. The first kappa shape index (κ1) is 12.3. The number of H-pyrrole nitrogens is 1. The summed E-state index contributed by atoms with van der Waals surface area (Å²) in [6.45, 7) is 0.931. The first-order valence-corrected chi connectivity index (χ1v) is 7.56. The highest BCUT2D eigenvalue weighted by Gasteiger charge is 2.47. The molecule has 1 aromatic carbocycles. The van der Waals surface area contributed by atoms with Crippen LogP contribution in [0.4, 0.5) is 0 Å². The summed E-state index contributed by atoms with van der Waals surface area (Å²) in [6.07, 6.45) is 4.15. The summed E-state index contributed by atoms with van der Waals surface area (Å²) in [5.41, 5.74) is 3.45. The van der Waals surface area contributed by atoms with Crippen LogP contribution >= 0.6 is 11.6 Å². The molecule has 1 aromatic heterocycles. The Labute approximate surface area is 122 Å². The number of nitrogens with zero attached hydrogens (tertiary/aromatic N) is 1. The number of aromatic nitrogens is 1. The van der Waals surface area contributed by atoms with Gasteiger partial charge in [-0.25, -0.2) is 0 Å². The van der Waals surface area contributed by atoms with Gasteiger partial charge in [0, 0.05) is 21.6 Å². The summed E-state index contributed by atoms with van der Waals surface area (Å²) in [5, 5.41) is 15.2. The lowest BCUT2D eigenvalue weighted by Crippen LogP contribution is -2.45. The van der Waals surface area contributed by atoms with Gasteiger partial charge < -0.3 is 10.3 Å². The van der Waals surface area contributed by atoms with Gasteiger partial charge in [-0.05, 0) is 49.6 Å². The quantitative estimate of drug-likeness (QED) is 0.839. The molecular formula is C16H16ClN3. The molecular weight excluding hydrogens is 270 g/mol. The van der Waals surface area contributed by atoms with Crippen LogP contribution in [0.5, 0.6) is 0 Å². The second kappa shape index (κ2) is 4.25. The number of aromatic amines is 1. The van der Waals surface area contributed by atoms with Gasteiger partial charge in [0.15, 0.2) is 0 Å². The maximum absolute atomic E-state index is 9.61. The van der Waals surface area contributed by atoms with Gasteiger partial charge in [0.2, 0.25) is 0 Å². The number of hydrogen-bond donors (Lipinski definition) is 2. The van der Waals surface area contributed by atoms with Crippen LogP contribution in [-0.2, 0) is 6.42 Å². The van der Waals surface area contributed by atoms with Crippen molar-refractivity contribution in [1.29, 1.82) is 5.26 Å². The summed E-state index contributed by atoms with van der Waals surface area (Å²) < 4.78 is 0. The Kier molecular flexibility index (Phi) is 2.60. The van der Waals surface area contributed by atoms with Crippen LogP contribution < -0.4 is 5.32 Å². The molecule has 1 atom stereocenters. The van der Waals surface area contributed by atoms with E-state index in [1.807, 2.05) is 18.2 Å². The first-order valence-electron chi connectivity index (χ1n) is 7.18. The van der Waals surface area contributed by atoms with E-state index in [4.69, 9.17) is 11.6 Å². The molecule has 4 heteroatoms. The van der Waals surface area contributed by atoms with E-state index in [-0.39, 0.29) is 11.5 Å². The van der Waals surface area contributed by atoms with Crippen LogP contribution in [0.1, 0.15) is 36.6 Å². The molecule has 2 aromatic rings. The zero-order valence-electron chi connectivity index (χ0n) is 11.2. The van der Waals surface area contributed by atoms with Crippen LogP contribution in [-0.4, -0.2) is 11.5 Å². The van der Waals surface area contributed by atoms with E-state index in [0.29, 0.717) is 0 Å². The number of halogens is 1. The van der Waals surface area contributed by atoms with Crippen molar-refractivity contribution in [2.45, 2.75) is 31.7 Å². The third kappa shape index (κ3) is 1.55. The maximum Gasteiger partial charge on any atom is 0.0782 e. The number of nitrogens with one attached hydrogen (secondary N) is 2. The van der Waals surface area contributed by atoms with E-state index < -0.39 is 0 Å². The van der Waals surface area contributed by atoms with E-state index in [1.165, 1.54) is 16.6 Å². The van der Waals surface area contributed by atoms with Crippen molar-refractivity contribution >= 4 is 22.5 Å². The lowest BCUT2D eigenvalue weighted by molar-refractivity contribution is 0.136. The normalized spacial score (nSPS) is 23.9. The number of benzene rings is 1. The smallest absolute Gasteiger partial charge is 0.0782 e. The van der Waals surface area contributed by atoms with E-state index in [2.05, 4.69) is 16.4 Å². The summed E-state index contributed by atoms with van der Waals surface area (Å²) >= 11 is 6.13. The molecule has 2 N–H and O–H groups in total. The minimum atomic E-state index is -0.222. The fraction of sp³-hybridized carbons (Fsp3) is 0.438. The van der Waals surface area contributed by atoms with Crippen molar-refractivity contribution in [1.82, 2.24) is 10.3 Å². The van der Waals surface area contributed by atoms with Gasteiger partial charge >= 0.3 is 0 Å². The Hall–Kier alpha value is -1.50. The molecule has 20 heavy (non-hydrogen) atoms. The van der Waals surface area contributed by atoms with Crippen molar-refractivity contribution in [3.05, 3.63) is 34.5 Å². The third-order valence-corrected chi connectivity index (χ3v) is 5.17. The standard InChI is InChI=1S/C16H16ClN3/c17-10-2-3-13-12(8-10)11-4-7-19-15(14(11)20-13)16(9-18)5-1-6-16/h2-3,8,15,19-20H,1,4-7H2. The second-order valence-electron chi connectivity index (χ2n) is 5.97. The predicted molar refractivity (Wildman–Crippen MR) is 79.7 cm³/mol. The number of nitriles is 1. The van der Waals surface area contributed by atoms with E-state index >= 15 is 0 Å². The summed E-state index contributed by atoms with van der Waals surface area (Å²) in [7, 11) is 0. The molecule has 1 saturated carbocycles. The van der Waals surface area contributed by atoms with Crippen molar-refractivity contribution in [2.24, 2.45) is 5.41 Å². The molecule has 1 aliphatic heterocycles. The summed E-state index contributed by atoms with van der Waals surface area (Å²) in [4.78, 5) is 3.53. The zero-order chi connectivity index (χ0) is 13.7. The molecule has 2 aliphatic rings. The largest absolute Gasteiger partial charge is 0.357 e. The highest BCUT2D eigenvalue weighted by Crippen LogP contribution is 2.51. The second-order valence-corrected chi connectivity index (χ2v) is 6.40. The van der Waals surface area contributed by atoms with E-state index in [0.717, 1.165) is 42.8 Å². The van der Waals surface area contributed by atoms with Gasteiger partial charge in [0.25, 0.3) is 0 Å². The number of hydrogen-bond acceptors (Lipinski definition) is 2. The molecule has 3 nitrogen and oxygen atoms in total. The lowest BCUT2D eigenvalue weighted by atomic mass is 9.63. The minimum absolute atomic E-state index is 0.135. The monoisotopic (exact) mass is 285 g/mol. The average Bonchev–Trinajstić information content (AvgIpc) is 2.77. The van der Waals surface area contributed by atoms with Gasteiger partial charge in [-0.3, -0.25) is 0 Å². The van der Waals surface area contributed by atoms with Crippen LogP contribution in [0.2, 0.25) is 5.02 Å². The van der Waals surface area contributed by atoms with Gasteiger partial charge in [-0.15, -0.1) is 0 Å². The highest BCUT2D eigenvalue weighted by atomic mass is 35.5. The van der Waals surface area contributed by atoms with Gasteiger partial charge in [0.05, 0.1) is 17.5 Å². The Morgan fingerprint density at radius 2 is 2.20 bits per heavy atom. The third-order valence-electron chi connectivity index (χ3n) is 4.93. The Morgan fingerprint density at radius 1 is 1.35 bits per heavy atom. The molecule has 1 aliphatic carbocycles. The van der Waals surface area contributed by atoms with Crippen molar-refractivity contribution in [2.75, 3.05) is 6.54 Å². The SMILES string of the molecule is N#CC1(C2NCCc3c2[nH]c2ccc(Cl)cc32)CCC1. The molecule has 0 radical (unpaired) electrons. The fourth-order valence-electron chi connectivity index (χ4n) is 3.69. The Balaban J connectivity index is 1.89. The van der Waals surface area contributed by atoms with E-state index in [1.54, 1.807) is 0 Å². The molecule has 0 spiro atoms. The Bertz CT molecular complexity index is 721. The maximum atomic E-state index is 9.61. The number of rotatable bonds is 1. The molecule has 1 fully saturated rings. The van der Waals surface area contributed by atoms with Gasteiger partial charge in [0.1, 0.15) is 0 Å². The van der Waals surface area contributed by atoms with Crippen molar-refractivity contribution in [3.8, 4) is 6.07 Å². The van der Waals surface area contributed by atoms with Crippen molar-refractivity contribution in [3.63, 3.8) is 0 Å². The highest BCUT2D eigenvalue weighted by molar-refractivity contribution is 6.31. The molecule has 1 unspecified atom stereocenters. The molecule has 2 heterocycles. The topological polar surface area (TPSA) is 51.6 Å². The van der Waals surface area contributed by atoms with Crippen molar-refractivity contribution < 1.29 is 0 Å². The summed E-state index contributed by atoms with van der Waals surface area (Å²) in [5.74, 6) is 0. The fourth-order valence-corrected chi connectivity index (χ4v) is 3.87. The average molecular weight is 286 g/mol. The Morgan fingerprint density at radius 3 is 2.90 bits per heavy atom. The van der Waals surface area contributed by atoms with Gasteiger partial charge in [-0.1, -0.05) is 18.0 Å². The van der Waals surface area contributed by atoms with Gasteiger partial charge in [-0.2, -0.15) is 5.26 Å². The van der Waals surface area contributed by atoms with E-state index in [9.17, 15) is 5.26 Å². The minimum Gasteiger partial charge on any atom is -0.357 e. The van der Waals surface area contributed by atoms with Crippen LogP contribution in [0.3, 0.4) is 0 Å². The molecule has 4 rings (SSSR count). The van der Waals surface area contributed by atoms with Crippen LogP contribution in [0, 0.1) is 16.7 Å². The molecule has 0 bridgehead atoms. The zero-order valence-corrected chi connectivity index (χ0v) is 11.9. The molecule has 0 saturated heterocycles. The van der Waals surface area contributed by atoms with Crippen LogP contribution in [0.25, 0.3) is 10.9 Å². The predicted octanol–water partition coefficient (Wildman–Crippen LogP) is 3.70. The number of fused-ring (bicyclic) bond motifs is 3. The summed E-state index contributed by atoms with van der Waals surface area (Å²) in [6, 6.07) is 8.69. The molecule has 102 valence electrons. The molecule has 0 amide bonds. The van der Waals surface area contributed by atoms with Crippen LogP contribution in [0.15, 0.2) is 18.2 Å². The lowest BCUT2D eigenvalue weighted by Gasteiger charge is -2.44.